The zero-order valence-electron chi connectivity index (χ0n) is 12.5. The van der Waals surface area contributed by atoms with Crippen LogP contribution in [0.3, 0.4) is 0 Å². The van der Waals surface area contributed by atoms with Crippen molar-refractivity contribution in [3.63, 3.8) is 0 Å². The van der Waals surface area contributed by atoms with Gasteiger partial charge in [0.2, 0.25) is 0 Å². The third-order valence-corrected chi connectivity index (χ3v) is 4.13. The van der Waals surface area contributed by atoms with Crippen molar-refractivity contribution in [3.05, 3.63) is 0 Å². The molecule has 4 atom stereocenters. The maximum absolute atomic E-state index is 6.28. The van der Waals surface area contributed by atoms with Gasteiger partial charge in [0.15, 0.2) is 0 Å². The topological polar surface area (TPSA) is 21.3 Å². The van der Waals surface area contributed by atoms with E-state index in [4.69, 9.17) is 4.74 Å². The van der Waals surface area contributed by atoms with Crippen molar-refractivity contribution >= 4 is 0 Å². The molecule has 4 unspecified atom stereocenters. The minimum Gasteiger partial charge on any atom is -0.374 e. The van der Waals surface area contributed by atoms with E-state index in [1.807, 2.05) is 7.05 Å². The van der Waals surface area contributed by atoms with Gasteiger partial charge in [-0.05, 0) is 51.0 Å². The molecule has 2 heteroatoms. The van der Waals surface area contributed by atoms with Crippen LogP contribution in [0.1, 0.15) is 60.3 Å². The molecule has 2 nitrogen and oxygen atoms in total. The number of rotatable bonds is 5. The lowest BCUT2D eigenvalue weighted by atomic mass is 9.71. The summed E-state index contributed by atoms with van der Waals surface area (Å²) in [6.45, 7) is 11.5. The summed E-state index contributed by atoms with van der Waals surface area (Å²) in [6, 6.07) is 0.482. The van der Waals surface area contributed by atoms with E-state index >= 15 is 0 Å². The Morgan fingerprint density at radius 2 is 2.00 bits per heavy atom. The molecule has 1 N–H and O–H groups in total. The number of hydrogen-bond donors (Lipinski definition) is 1. The molecule has 0 aromatic carbocycles. The molecule has 0 aromatic heterocycles. The highest BCUT2D eigenvalue weighted by molar-refractivity contribution is 4.84. The van der Waals surface area contributed by atoms with Crippen molar-refractivity contribution in [1.82, 2.24) is 5.32 Å². The van der Waals surface area contributed by atoms with Crippen LogP contribution in [0.5, 0.6) is 0 Å². The van der Waals surface area contributed by atoms with E-state index in [2.05, 4.69) is 39.9 Å². The normalized spacial score (nSPS) is 32.1. The molecule has 1 aliphatic carbocycles. The van der Waals surface area contributed by atoms with Crippen molar-refractivity contribution in [1.29, 1.82) is 0 Å². The zero-order valence-corrected chi connectivity index (χ0v) is 12.5. The third kappa shape index (κ3) is 4.59. The highest BCUT2D eigenvalue weighted by Gasteiger charge is 2.33. The molecule has 0 aliphatic heterocycles. The standard InChI is InChI=1S/C15H31NO/c1-7-14(16-6)12(3)17-13-8-11(2)9-15(4,5)10-13/h11-14,16H,7-10H2,1-6H3. The van der Waals surface area contributed by atoms with Crippen LogP contribution in [0.25, 0.3) is 0 Å². The monoisotopic (exact) mass is 241 g/mol. The largest absolute Gasteiger partial charge is 0.374 e. The summed E-state index contributed by atoms with van der Waals surface area (Å²) in [5.74, 6) is 0.797. The number of hydrogen-bond acceptors (Lipinski definition) is 2. The lowest BCUT2D eigenvalue weighted by Gasteiger charge is -2.40. The van der Waals surface area contributed by atoms with Gasteiger partial charge in [-0.2, -0.15) is 0 Å². The van der Waals surface area contributed by atoms with Gasteiger partial charge in [-0.15, -0.1) is 0 Å². The van der Waals surface area contributed by atoms with Crippen LogP contribution in [-0.4, -0.2) is 25.3 Å². The van der Waals surface area contributed by atoms with Gasteiger partial charge >= 0.3 is 0 Å². The van der Waals surface area contributed by atoms with Gasteiger partial charge in [-0.1, -0.05) is 27.7 Å². The number of likely N-dealkylation sites (N-methyl/N-ethyl adjacent to an activating group) is 1. The van der Waals surface area contributed by atoms with E-state index in [9.17, 15) is 0 Å². The summed E-state index contributed by atoms with van der Waals surface area (Å²) in [5, 5.41) is 3.35. The van der Waals surface area contributed by atoms with Crippen molar-refractivity contribution in [2.45, 2.75) is 78.6 Å². The highest BCUT2D eigenvalue weighted by atomic mass is 16.5. The van der Waals surface area contributed by atoms with Crippen LogP contribution < -0.4 is 5.32 Å². The predicted molar refractivity (Wildman–Crippen MR) is 74.3 cm³/mol. The Bertz CT molecular complexity index is 223. The Kier molecular flexibility index (Phi) is 5.46. The third-order valence-electron chi connectivity index (χ3n) is 4.13. The average molecular weight is 241 g/mol. The first-order valence-electron chi connectivity index (χ1n) is 7.20. The van der Waals surface area contributed by atoms with E-state index in [1.54, 1.807) is 0 Å². The summed E-state index contributed by atoms with van der Waals surface area (Å²) in [4.78, 5) is 0. The fourth-order valence-electron chi connectivity index (χ4n) is 3.53. The van der Waals surface area contributed by atoms with Crippen molar-refractivity contribution in [3.8, 4) is 0 Å². The molecule has 0 saturated heterocycles. The van der Waals surface area contributed by atoms with Crippen LogP contribution in [0.15, 0.2) is 0 Å². The SMILES string of the molecule is CCC(NC)C(C)OC1CC(C)CC(C)(C)C1. The first-order chi connectivity index (χ1) is 7.88. The second-order valence-electron chi connectivity index (χ2n) is 6.68. The van der Waals surface area contributed by atoms with Gasteiger partial charge < -0.3 is 10.1 Å². The van der Waals surface area contributed by atoms with Crippen LogP contribution in [-0.2, 0) is 4.74 Å². The molecule has 1 rings (SSSR count). The van der Waals surface area contributed by atoms with E-state index in [0.717, 1.165) is 12.3 Å². The van der Waals surface area contributed by atoms with Crippen molar-refractivity contribution in [2.75, 3.05) is 7.05 Å². The molecule has 0 heterocycles. The first kappa shape index (κ1) is 15.0. The molecule has 1 fully saturated rings. The Balaban J connectivity index is 2.50. The van der Waals surface area contributed by atoms with Gasteiger partial charge in [-0.25, -0.2) is 0 Å². The van der Waals surface area contributed by atoms with Crippen LogP contribution >= 0.6 is 0 Å². The van der Waals surface area contributed by atoms with Gasteiger partial charge in [0, 0.05) is 6.04 Å². The van der Waals surface area contributed by atoms with Crippen LogP contribution in [0, 0.1) is 11.3 Å². The summed E-state index contributed by atoms with van der Waals surface area (Å²) in [7, 11) is 2.03. The zero-order chi connectivity index (χ0) is 13.1. The summed E-state index contributed by atoms with van der Waals surface area (Å²) >= 11 is 0. The van der Waals surface area contributed by atoms with Gasteiger partial charge in [0.25, 0.3) is 0 Å². The van der Waals surface area contributed by atoms with Crippen LogP contribution in [0.2, 0.25) is 0 Å². The molecular weight excluding hydrogens is 210 g/mol. The second-order valence-corrected chi connectivity index (χ2v) is 6.68. The van der Waals surface area contributed by atoms with E-state index in [0.29, 0.717) is 23.7 Å². The first-order valence-corrected chi connectivity index (χ1v) is 7.20. The van der Waals surface area contributed by atoms with Gasteiger partial charge in [-0.3, -0.25) is 0 Å². The fraction of sp³-hybridized carbons (Fsp3) is 1.00. The minimum absolute atomic E-state index is 0.316. The molecule has 1 aliphatic rings. The van der Waals surface area contributed by atoms with E-state index in [-0.39, 0.29) is 0 Å². The smallest absolute Gasteiger partial charge is 0.0703 e. The second kappa shape index (κ2) is 6.19. The molecule has 0 spiro atoms. The predicted octanol–water partition coefficient (Wildman–Crippen LogP) is 3.60. The molecule has 0 radical (unpaired) electrons. The Labute approximate surface area is 108 Å². The number of nitrogens with one attached hydrogen (secondary N) is 1. The lowest BCUT2D eigenvalue weighted by molar-refractivity contribution is -0.0701. The molecule has 102 valence electrons. The molecular formula is C15H31NO. The number of ether oxygens (including phenoxy) is 1. The average Bonchev–Trinajstić information content (AvgIpc) is 2.15. The molecule has 0 bridgehead atoms. The lowest BCUT2D eigenvalue weighted by Crippen LogP contribution is -2.42. The Hall–Kier alpha value is -0.0800. The molecule has 17 heavy (non-hydrogen) atoms. The summed E-state index contributed by atoms with van der Waals surface area (Å²) in [5.41, 5.74) is 0.448. The Morgan fingerprint density at radius 1 is 1.35 bits per heavy atom. The quantitative estimate of drug-likeness (QED) is 0.794. The van der Waals surface area contributed by atoms with E-state index in [1.165, 1.54) is 19.3 Å². The van der Waals surface area contributed by atoms with Crippen molar-refractivity contribution in [2.24, 2.45) is 11.3 Å². The maximum Gasteiger partial charge on any atom is 0.0703 e. The molecule has 0 amide bonds. The van der Waals surface area contributed by atoms with Gasteiger partial charge in [0.05, 0.1) is 12.2 Å². The highest BCUT2D eigenvalue weighted by Crippen LogP contribution is 2.40. The van der Waals surface area contributed by atoms with Gasteiger partial charge in [0.1, 0.15) is 0 Å². The maximum atomic E-state index is 6.28. The van der Waals surface area contributed by atoms with Crippen molar-refractivity contribution < 1.29 is 4.74 Å². The summed E-state index contributed by atoms with van der Waals surface area (Å²) < 4.78 is 6.28. The molecule has 1 saturated carbocycles. The molecule has 0 aromatic rings. The minimum atomic E-state index is 0.316. The summed E-state index contributed by atoms with van der Waals surface area (Å²) in [6.07, 6.45) is 5.67. The van der Waals surface area contributed by atoms with Crippen LogP contribution in [0.4, 0.5) is 0 Å². The van der Waals surface area contributed by atoms with E-state index < -0.39 is 0 Å². The Morgan fingerprint density at radius 3 is 2.47 bits per heavy atom. The fourth-order valence-corrected chi connectivity index (χ4v) is 3.53.